The SMILES string of the molecule is O=CCCc1ccc(-c2ccc3[nH]c(=O)[nH]c3c2)o1.O=CCCc1ccc(-c2ccc3c(c2)CC(=O)O3)o1.O=CCCc1ccc(-c2ccc3c(c2)CNC3=O)o1.O=CCCc1ccc(-c2ccc3c(c2)COC3=O)o1.O=CCCc1ccc(-c2ccc3oc(=O)[nH]c3c2)o1.O=CCCc1ccc(-c2cnc3[nH]ccc3c2)o1.O=CCCc1cnc(-c2ccccc2)o1.O=CCCc1cnc(-c2ccccc2)s1. The number of pyridine rings is 1. The zero-order valence-corrected chi connectivity index (χ0v) is 77.8. The average molecular weight is 1940 g/mol. The summed E-state index contributed by atoms with van der Waals surface area (Å²) in [4.78, 5) is 164. The molecule has 143 heavy (non-hydrogen) atoms. The lowest BCUT2D eigenvalue weighted by atomic mass is 10.0. The second-order valence-electron chi connectivity index (χ2n) is 32.4. The van der Waals surface area contributed by atoms with Gasteiger partial charge in [-0.1, -0.05) is 60.7 Å². The molecule has 0 unspecified atom stereocenters. The van der Waals surface area contributed by atoms with Crippen molar-refractivity contribution in [3.05, 3.63) is 355 Å². The van der Waals surface area contributed by atoms with E-state index in [1.807, 2.05) is 225 Å². The van der Waals surface area contributed by atoms with E-state index in [1.165, 1.54) is 4.88 Å². The Hall–Kier alpha value is -17.9. The van der Waals surface area contributed by atoms with Gasteiger partial charge < -0.3 is 103 Å². The number of hydrogen-bond donors (Lipinski definition) is 5. The first kappa shape index (κ1) is 99.5. The summed E-state index contributed by atoms with van der Waals surface area (Å²) >= 11 is 1.66. The third-order valence-corrected chi connectivity index (χ3v) is 23.4. The van der Waals surface area contributed by atoms with Crippen LogP contribution in [0.4, 0.5) is 0 Å². The number of benzene rings is 7. The predicted molar refractivity (Wildman–Crippen MR) is 532 cm³/mol. The number of furan rings is 6. The molecule has 722 valence electrons. The van der Waals surface area contributed by atoms with Crippen molar-refractivity contribution in [3.63, 3.8) is 0 Å². The lowest BCUT2D eigenvalue weighted by Gasteiger charge is -2.00. The largest absolute Gasteiger partial charge is 0.461 e. The van der Waals surface area contributed by atoms with Crippen LogP contribution in [0.3, 0.4) is 0 Å². The van der Waals surface area contributed by atoms with Crippen molar-refractivity contribution in [2.75, 3.05) is 0 Å². The number of oxazole rings is 2. The number of aldehydes is 8. The van der Waals surface area contributed by atoms with Crippen molar-refractivity contribution >= 4 is 113 Å². The van der Waals surface area contributed by atoms with E-state index >= 15 is 0 Å². The number of esters is 2. The van der Waals surface area contributed by atoms with Gasteiger partial charge in [0.1, 0.15) is 148 Å². The molecule has 0 bridgehead atoms. The van der Waals surface area contributed by atoms with Crippen LogP contribution in [0.25, 0.3) is 123 Å². The van der Waals surface area contributed by atoms with E-state index in [2.05, 4.69) is 40.2 Å². The lowest BCUT2D eigenvalue weighted by Crippen LogP contribution is -2.12. The van der Waals surface area contributed by atoms with Crippen molar-refractivity contribution in [1.29, 1.82) is 0 Å². The van der Waals surface area contributed by atoms with Gasteiger partial charge in [0.25, 0.3) is 5.91 Å². The van der Waals surface area contributed by atoms with Crippen LogP contribution in [-0.2, 0) is 119 Å². The second-order valence-corrected chi connectivity index (χ2v) is 33.5. The monoisotopic (exact) mass is 1940 g/mol. The molecule has 5 N–H and O–H groups in total. The van der Waals surface area contributed by atoms with Crippen molar-refractivity contribution in [1.82, 2.24) is 40.2 Å². The number of aryl methyl sites for hydroxylation is 8. The average Bonchev–Trinajstić information content (AvgIpc) is 1.73. The Kier molecular flexibility index (Phi) is 34.7. The predicted octanol–water partition coefficient (Wildman–Crippen LogP) is 20.7. The standard InChI is InChI=1S/C15H13NO3.2C15H12O4.C14H12N2O3.C14H12N2O2.C14H11NO4.C12H11NO2.C12H11NOS/c17-7-1-2-12-4-6-14(19-12)10-3-5-13-11(8-10)9-16-15(13)18;16-7-1-2-12-4-6-13(18-12)10-3-5-14-11(8-10)9-15(17)19-14;16-7-1-2-12-4-6-14(19-12)10-3-5-13-11(8-10)9-18-15(13)17;17-7-1-2-10-4-6-13(19-10)9-3-5-11-12(8-9)16-14(18)15-11;17-7-1-2-12-3-4-13(18-12)11-8-10-5-6-15-14(10)16-9-11;16-7-1-2-10-4-6-12(18-10)9-3-5-13-11(8-9)15-14(17)19-13;2*14-8-4-7-11-9-13-12(15-11)10-5-2-1-3-6-10/h3-8H,1-2,9H2,(H,16,18);2*3-8H,1-2,9H2;3-8H,1-2H2,(H2,15,16,18);3-9H,1-2H2,(H,15,16);3-8H,1-2H2,(H,15,17);2*1-3,5-6,8-9H,4,7H2. The van der Waals surface area contributed by atoms with E-state index < -0.39 is 5.76 Å². The minimum Gasteiger partial charge on any atom is -0.461 e. The first-order valence-corrected chi connectivity index (χ1v) is 46.7. The number of ether oxygens (including phenoxy) is 2. The summed E-state index contributed by atoms with van der Waals surface area (Å²) in [7, 11) is 0. The Morgan fingerprint density at radius 1 is 0.343 bits per heavy atom. The molecule has 1 amide bonds. The van der Waals surface area contributed by atoms with Crippen LogP contribution in [0.2, 0.25) is 0 Å². The topological polar surface area (TPSA) is 459 Å². The van der Waals surface area contributed by atoms with Gasteiger partial charge in [0.05, 0.1) is 34.7 Å². The number of aromatic amines is 4. The van der Waals surface area contributed by atoms with Gasteiger partial charge >= 0.3 is 23.4 Å². The summed E-state index contributed by atoms with van der Waals surface area (Å²) in [5.74, 6) is 10.2. The molecule has 0 aliphatic carbocycles. The molecule has 0 saturated carbocycles. The molecular weight excluding hydrogens is 1850 g/mol. The molecule has 0 fully saturated rings. The van der Waals surface area contributed by atoms with E-state index in [1.54, 1.807) is 48.0 Å². The zero-order valence-electron chi connectivity index (χ0n) is 77.0. The molecule has 19 aromatic rings. The minimum absolute atomic E-state index is 0.0207. The summed E-state index contributed by atoms with van der Waals surface area (Å²) in [6.07, 6.45) is 23.5. The molecule has 0 spiro atoms. The van der Waals surface area contributed by atoms with E-state index in [9.17, 15) is 62.3 Å². The van der Waals surface area contributed by atoms with Gasteiger partial charge in [-0.3, -0.25) is 14.6 Å². The number of nitrogens with one attached hydrogen (secondary N) is 5. The number of nitrogens with zero attached hydrogens (tertiary/aromatic N) is 3. The molecule has 0 radical (unpaired) electrons. The van der Waals surface area contributed by atoms with Crippen LogP contribution in [0.5, 0.6) is 5.75 Å². The van der Waals surface area contributed by atoms with Crippen molar-refractivity contribution < 1.29 is 97.6 Å². The number of imidazole rings is 1. The highest BCUT2D eigenvalue weighted by Crippen LogP contribution is 2.36. The Morgan fingerprint density at radius 2 is 0.797 bits per heavy atom. The van der Waals surface area contributed by atoms with E-state index in [4.69, 9.17) is 44.8 Å². The molecule has 15 heterocycles. The smallest absolute Gasteiger partial charge is 0.417 e. The van der Waals surface area contributed by atoms with Crippen LogP contribution in [-0.4, -0.2) is 103 Å². The highest BCUT2D eigenvalue weighted by atomic mass is 32.1. The minimum atomic E-state index is -0.474. The number of carbonyl (C=O) groups excluding carboxylic acids is 11. The van der Waals surface area contributed by atoms with Crippen molar-refractivity contribution in [2.45, 2.75) is 122 Å². The first-order valence-electron chi connectivity index (χ1n) is 45.9. The maximum atomic E-state index is 11.5. The highest BCUT2D eigenvalue weighted by Gasteiger charge is 2.25. The van der Waals surface area contributed by atoms with E-state index in [0.717, 1.165) is 220 Å². The van der Waals surface area contributed by atoms with Crippen LogP contribution < -0.4 is 21.5 Å². The number of rotatable bonds is 32. The number of amides is 1. The number of cyclic esters (lactones) is 1. The van der Waals surface area contributed by atoms with Gasteiger partial charge in [0, 0.05) is 193 Å². The number of aromatic nitrogens is 7. The summed E-state index contributed by atoms with van der Waals surface area (Å²) in [6.45, 7) is 0.890. The zero-order chi connectivity index (χ0) is 99.6. The van der Waals surface area contributed by atoms with E-state index in [-0.39, 0.29) is 23.5 Å². The molecule has 22 rings (SSSR count). The Bertz CT molecular complexity index is 7390. The Balaban J connectivity index is 0.000000123. The van der Waals surface area contributed by atoms with Crippen molar-refractivity contribution in [3.8, 4) is 95.7 Å². The molecule has 7 aromatic carbocycles. The van der Waals surface area contributed by atoms with Crippen LogP contribution >= 0.6 is 11.3 Å². The maximum Gasteiger partial charge on any atom is 0.417 e. The third-order valence-electron chi connectivity index (χ3n) is 22.3. The summed E-state index contributed by atoms with van der Waals surface area (Å²) in [5.41, 5.74) is 15.0. The van der Waals surface area contributed by atoms with Crippen LogP contribution in [0.15, 0.2) is 306 Å². The van der Waals surface area contributed by atoms with Gasteiger partial charge in [-0.25, -0.2) is 29.3 Å². The molecule has 3 aliphatic rings. The van der Waals surface area contributed by atoms with Crippen LogP contribution in [0.1, 0.15) is 134 Å². The first-order chi connectivity index (χ1) is 70.0. The Morgan fingerprint density at radius 3 is 1.34 bits per heavy atom. The van der Waals surface area contributed by atoms with Crippen molar-refractivity contribution in [2.24, 2.45) is 0 Å². The fourth-order valence-electron chi connectivity index (χ4n) is 15.2. The van der Waals surface area contributed by atoms with E-state index in [0.29, 0.717) is 150 Å². The normalized spacial score (nSPS) is 11.7. The van der Waals surface area contributed by atoms with Gasteiger partial charge in [-0.05, 0) is 188 Å². The number of H-pyrrole nitrogens is 4. The maximum absolute atomic E-state index is 11.5. The number of fused-ring (bicyclic) bond motifs is 6. The molecular formula is C111H94N8O23S. The molecule has 0 saturated heterocycles. The summed E-state index contributed by atoms with van der Waals surface area (Å²) in [6, 6.07) is 73.9. The van der Waals surface area contributed by atoms with Gasteiger partial charge in [0.15, 0.2) is 5.58 Å². The fourth-order valence-corrected chi connectivity index (χ4v) is 16.1. The van der Waals surface area contributed by atoms with Gasteiger partial charge in [0.2, 0.25) is 5.89 Å². The summed E-state index contributed by atoms with van der Waals surface area (Å²) in [5, 5.41) is 4.87. The number of thiazole rings is 1. The fraction of sp³-hybridized carbons (Fsp3) is 0.171. The highest BCUT2D eigenvalue weighted by molar-refractivity contribution is 7.15. The molecule has 0 atom stereocenters. The number of carbonyl (C=O) groups is 11. The third kappa shape index (κ3) is 27.3. The second kappa shape index (κ2) is 49.9. The number of hydrogen-bond acceptors (Lipinski definition) is 27. The lowest BCUT2D eigenvalue weighted by molar-refractivity contribution is -0.132. The molecule has 31 nitrogen and oxygen atoms in total. The van der Waals surface area contributed by atoms with Gasteiger partial charge in [-0.2, -0.15) is 0 Å². The summed E-state index contributed by atoms with van der Waals surface area (Å²) < 4.78 is 54.5. The molecule has 32 heteroatoms. The molecule has 3 aliphatic heterocycles. The van der Waals surface area contributed by atoms with Gasteiger partial charge in [-0.15, -0.1) is 11.3 Å². The molecule has 12 aromatic heterocycles. The van der Waals surface area contributed by atoms with Crippen LogP contribution in [0, 0.1) is 0 Å². The Labute approximate surface area is 819 Å². The quantitative estimate of drug-likeness (QED) is 0.0148.